The van der Waals surface area contributed by atoms with Crippen LogP contribution in [-0.4, -0.2) is 39.9 Å². The standard InChI is InChI=1S/C17H19N3O3S/c1-11-16(24-9-19-11)12-4-5-13(15(22)7-12)8-18-17(23)14-3-2-6-20(14)10-21/h4-5,7,9-10,14,22H,2-3,6,8H2,1H3,(H,18,23). The van der Waals surface area contributed by atoms with E-state index >= 15 is 0 Å². The van der Waals surface area contributed by atoms with Crippen LogP contribution in [0.2, 0.25) is 0 Å². The lowest BCUT2D eigenvalue weighted by atomic mass is 10.1. The summed E-state index contributed by atoms with van der Waals surface area (Å²) in [6, 6.07) is 5.00. The first-order valence-corrected chi connectivity index (χ1v) is 8.69. The van der Waals surface area contributed by atoms with E-state index in [0.29, 0.717) is 18.5 Å². The van der Waals surface area contributed by atoms with E-state index in [-0.39, 0.29) is 18.2 Å². The first-order valence-electron chi connectivity index (χ1n) is 7.81. The molecular weight excluding hydrogens is 326 g/mol. The smallest absolute Gasteiger partial charge is 0.243 e. The number of aryl methyl sites for hydroxylation is 1. The maximum atomic E-state index is 12.2. The Morgan fingerprint density at radius 1 is 1.54 bits per heavy atom. The number of hydrogen-bond donors (Lipinski definition) is 2. The van der Waals surface area contributed by atoms with Crippen molar-refractivity contribution in [1.82, 2.24) is 15.2 Å². The molecule has 24 heavy (non-hydrogen) atoms. The van der Waals surface area contributed by atoms with Gasteiger partial charge in [-0.1, -0.05) is 12.1 Å². The fourth-order valence-electron chi connectivity index (χ4n) is 2.93. The molecule has 1 fully saturated rings. The second-order valence-electron chi connectivity index (χ2n) is 5.83. The first-order chi connectivity index (χ1) is 11.6. The number of nitrogens with one attached hydrogen (secondary N) is 1. The van der Waals surface area contributed by atoms with Crippen molar-refractivity contribution >= 4 is 23.7 Å². The van der Waals surface area contributed by atoms with Gasteiger partial charge in [0.15, 0.2) is 0 Å². The maximum Gasteiger partial charge on any atom is 0.243 e. The van der Waals surface area contributed by atoms with Crippen LogP contribution in [0, 0.1) is 6.92 Å². The van der Waals surface area contributed by atoms with Crippen LogP contribution in [0.1, 0.15) is 24.1 Å². The van der Waals surface area contributed by atoms with E-state index in [1.54, 1.807) is 17.6 Å². The number of carbonyl (C=O) groups is 2. The Bertz CT molecular complexity index is 759. The highest BCUT2D eigenvalue weighted by Crippen LogP contribution is 2.31. The van der Waals surface area contributed by atoms with Gasteiger partial charge >= 0.3 is 0 Å². The van der Waals surface area contributed by atoms with E-state index in [2.05, 4.69) is 10.3 Å². The largest absolute Gasteiger partial charge is 0.508 e. The number of carbonyl (C=O) groups excluding carboxylic acids is 2. The summed E-state index contributed by atoms with van der Waals surface area (Å²) in [7, 11) is 0. The zero-order valence-corrected chi connectivity index (χ0v) is 14.2. The summed E-state index contributed by atoms with van der Waals surface area (Å²) >= 11 is 1.52. The van der Waals surface area contributed by atoms with Crippen LogP contribution >= 0.6 is 11.3 Å². The third-order valence-corrected chi connectivity index (χ3v) is 5.26. The Morgan fingerprint density at radius 2 is 2.38 bits per heavy atom. The van der Waals surface area contributed by atoms with E-state index in [1.165, 1.54) is 16.2 Å². The predicted octanol–water partition coefficient (Wildman–Crippen LogP) is 2.06. The molecule has 2 amide bonds. The van der Waals surface area contributed by atoms with Crippen LogP contribution in [-0.2, 0) is 16.1 Å². The average molecular weight is 345 g/mol. The van der Waals surface area contributed by atoms with Crippen molar-refractivity contribution in [2.24, 2.45) is 0 Å². The van der Waals surface area contributed by atoms with Crippen molar-refractivity contribution < 1.29 is 14.7 Å². The zero-order valence-electron chi connectivity index (χ0n) is 13.4. The van der Waals surface area contributed by atoms with Gasteiger partial charge in [-0.2, -0.15) is 0 Å². The minimum absolute atomic E-state index is 0.138. The van der Waals surface area contributed by atoms with Crippen molar-refractivity contribution in [3.8, 4) is 16.2 Å². The topological polar surface area (TPSA) is 82.5 Å². The van der Waals surface area contributed by atoms with Crippen LogP contribution in [0.25, 0.3) is 10.4 Å². The lowest BCUT2D eigenvalue weighted by Crippen LogP contribution is -2.42. The van der Waals surface area contributed by atoms with Gasteiger partial charge in [-0.25, -0.2) is 4.98 Å². The van der Waals surface area contributed by atoms with Gasteiger partial charge in [-0.3, -0.25) is 9.59 Å². The molecule has 3 rings (SSSR count). The summed E-state index contributed by atoms with van der Waals surface area (Å²) in [5.74, 6) is -0.0411. The Hall–Kier alpha value is -2.41. The van der Waals surface area contributed by atoms with E-state index < -0.39 is 6.04 Å². The molecule has 126 valence electrons. The van der Waals surface area contributed by atoms with Gasteiger partial charge in [-0.05, 0) is 31.4 Å². The number of phenolic OH excluding ortho intramolecular Hbond substituents is 1. The van der Waals surface area contributed by atoms with Crippen molar-refractivity contribution in [3.63, 3.8) is 0 Å². The molecule has 0 saturated carbocycles. The van der Waals surface area contributed by atoms with Gasteiger partial charge in [0, 0.05) is 18.7 Å². The maximum absolute atomic E-state index is 12.2. The summed E-state index contributed by atoms with van der Waals surface area (Å²) in [6.07, 6.45) is 2.24. The van der Waals surface area contributed by atoms with Crippen molar-refractivity contribution in [2.45, 2.75) is 32.4 Å². The third-order valence-electron chi connectivity index (χ3n) is 4.28. The molecule has 1 saturated heterocycles. The quantitative estimate of drug-likeness (QED) is 0.813. The molecule has 1 aromatic carbocycles. The molecule has 1 atom stereocenters. The monoisotopic (exact) mass is 345 g/mol. The van der Waals surface area contributed by atoms with E-state index in [9.17, 15) is 14.7 Å². The number of hydrogen-bond acceptors (Lipinski definition) is 5. The Morgan fingerprint density at radius 3 is 3.04 bits per heavy atom. The molecule has 6 nitrogen and oxygen atoms in total. The van der Waals surface area contributed by atoms with Crippen LogP contribution in [0.3, 0.4) is 0 Å². The molecule has 7 heteroatoms. The Labute approximate surface area is 144 Å². The number of aromatic hydroxyl groups is 1. The van der Waals surface area contributed by atoms with Crippen LogP contribution in [0.5, 0.6) is 5.75 Å². The summed E-state index contributed by atoms with van der Waals surface area (Å²) in [6.45, 7) is 2.78. The molecule has 0 spiro atoms. The lowest BCUT2D eigenvalue weighted by molar-refractivity contribution is -0.131. The molecule has 2 heterocycles. The molecule has 1 unspecified atom stereocenters. The third kappa shape index (κ3) is 3.26. The van der Waals surface area contributed by atoms with E-state index in [1.807, 2.05) is 13.0 Å². The highest BCUT2D eigenvalue weighted by Gasteiger charge is 2.29. The number of amides is 2. The molecule has 0 radical (unpaired) electrons. The molecule has 1 aliphatic rings. The van der Waals surface area contributed by atoms with Crippen LogP contribution < -0.4 is 5.32 Å². The molecule has 2 N–H and O–H groups in total. The highest BCUT2D eigenvalue weighted by atomic mass is 32.1. The zero-order chi connectivity index (χ0) is 17.1. The molecule has 2 aromatic rings. The SMILES string of the molecule is Cc1ncsc1-c1ccc(CNC(=O)C2CCCN2C=O)c(O)c1. The van der Waals surface area contributed by atoms with Gasteiger partial charge in [0.1, 0.15) is 11.8 Å². The number of benzene rings is 1. The molecule has 1 aromatic heterocycles. The van der Waals surface area contributed by atoms with Crippen LogP contribution in [0.15, 0.2) is 23.7 Å². The van der Waals surface area contributed by atoms with Gasteiger partial charge in [0.2, 0.25) is 12.3 Å². The number of likely N-dealkylation sites (tertiary alicyclic amines) is 1. The van der Waals surface area contributed by atoms with Crippen LogP contribution in [0.4, 0.5) is 0 Å². The number of phenols is 1. The first kappa shape index (κ1) is 16.4. The normalized spacial score (nSPS) is 17.0. The fraction of sp³-hybridized carbons (Fsp3) is 0.353. The van der Waals surface area contributed by atoms with Gasteiger partial charge in [0.05, 0.1) is 16.1 Å². The second kappa shape index (κ2) is 7.00. The number of nitrogens with zero attached hydrogens (tertiary/aromatic N) is 2. The predicted molar refractivity (Wildman–Crippen MR) is 91.6 cm³/mol. The number of rotatable bonds is 5. The molecule has 0 aliphatic carbocycles. The van der Waals surface area contributed by atoms with E-state index in [0.717, 1.165) is 29.0 Å². The number of thiazole rings is 1. The molecule has 0 bridgehead atoms. The fourth-order valence-corrected chi connectivity index (χ4v) is 3.73. The summed E-state index contributed by atoms with van der Waals surface area (Å²) in [5.41, 5.74) is 4.25. The Kier molecular flexibility index (Phi) is 4.80. The summed E-state index contributed by atoms with van der Waals surface area (Å²) < 4.78 is 0. The van der Waals surface area contributed by atoms with Crippen molar-refractivity contribution in [2.75, 3.05) is 6.54 Å². The van der Waals surface area contributed by atoms with Crippen molar-refractivity contribution in [3.05, 3.63) is 35.0 Å². The van der Waals surface area contributed by atoms with Gasteiger partial charge in [0.25, 0.3) is 0 Å². The molecule has 1 aliphatic heterocycles. The molecular formula is C17H19N3O3S. The lowest BCUT2D eigenvalue weighted by Gasteiger charge is -2.19. The van der Waals surface area contributed by atoms with E-state index in [4.69, 9.17) is 0 Å². The average Bonchev–Trinajstić information content (AvgIpc) is 3.21. The van der Waals surface area contributed by atoms with Crippen molar-refractivity contribution in [1.29, 1.82) is 0 Å². The number of aromatic nitrogens is 1. The van der Waals surface area contributed by atoms with Gasteiger partial charge in [-0.15, -0.1) is 11.3 Å². The summed E-state index contributed by atoms with van der Waals surface area (Å²) in [4.78, 5) is 29.9. The second-order valence-corrected chi connectivity index (χ2v) is 6.68. The van der Waals surface area contributed by atoms with Gasteiger partial charge < -0.3 is 15.3 Å². The highest BCUT2D eigenvalue weighted by molar-refractivity contribution is 7.13. The Balaban J connectivity index is 1.67. The minimum atomic E-state index is -0.399. The summed E-state index contributed by atoms with van der Waals surface area (Å²) in [5, 5.41) is 13.0. The minimum Gasteiger partial charge on any atom is -0.508 e.